The van der Waals surface area contributed by atoms with Crippen LogP contribution in [-0.4, -0.2) is 16.8 Å². The normalized spacial score (nSPS) is 18.0. The number of nitrogens with zero attached hydrogens (tertiary/aromatic N) is 1. The topological polar surface area (TPSA) is 83.1 Å². The summed E-state index contributed by atoms with van der Waals surface area (Å²) in [4.78, 5) is 29.0. The van der Waals surface area contributed by atoms with Crippen LogP contribution in [0.4, 0.5) is 4.39 Å². The number of amides is 2. The first-order valence-corrected chi connectivity index (χ1v) is 11.5. The Hall–Kier alpha value is -3.29. The molecule has 8 heteroatoms. The van der Waals surface area contributed by atoms with Gasteiger partial charge in [0.15, 0.2) is 0 Å². The van der Waals surface area contributed by atoms with Gasteiger partial charge in [-0.2, -0.15) is 0 Å². The molecule has 2 atom stereocenters. The van der Waals surface area contributed by atoms with Crippen LogP contribution in [0.25, 0.3) is 11.3 Å². The second-order valence-corrected chi connectivity index (χ2v) is 8.98. The maximum absolute atomic E-state index is 15.4. The van der Waals surface area contributed by atoms with Gasteiger partial charge in [0.25, 0.3) is 0 Å². The molecular formula is C26H26ClFN4O2. The number of halogens is 2. The highest BCUT2D eigenvalue weighted by atomic mass is 35.5. The molecule has 34 heavy (non-hydrogen) atoms. The number of hydrogen-bond donors (Lipinski definition) is 3. The Kier molecular flexibility index (Phi) is 7.24. The first kappa shape index (κ1) is 23.9. The Bertz CT molecular complexity index is 1190. The van der Waals surface area contributed by atoms with Gasteiger partial charge in [0, 0.05) is 47.8 Å². The zero-order valence-electron chi connectivity index (χ0n) is 18.9. The van der Waals surface area contributed by atoms with E-state index >= 15 is 4.39 Å². The van der Waals surface area contributed by atoms with E-state index in [0.29, 0.717) is 5.56 Å². The smallest absolute Gasteiger partial charge is 0.223 e. The standard InChI is InChI=1S/C26H26ClFN4O2/c1-15(2)26(34)30-14-18-8-10-19(27)23(24(18)28)25-31-21(12-22(33)32-25)17-9-11-20(29-13-17)16-6-4-3-5-7-16/h3-11,13,15,21,25,31H,12,14H2,1-2H3,(H,30,34)(H,32,33). The van der Waals surface area contributed by atoms with Crippen molar-refractivity contribution in [3.8, 4) is 11.3 Å². The summed E-state index contributed by atoms with van der Waals surface area (Å²) in [6, 6.07) is 16.4. The average Bonchev–Trinajstić information content (AvgIpc) is 2.83. The van der Waals surface area contributed by atoms with Crippen molar-refractivity contribution in [2.75, 3.05) is 0 Å². The number of carbonyl (C=O) groups is 2. The van der Waals surface area contributed by atoms with Crippen LogP contribution < -0.4 is 16.0 Å². The SMILES string of the molecule is CC(C)C(=O)NCc1ccc(Cl)c(C2NC(=O)CC(c3ccc(-c4ccccc4)nc3)N2)c1F. The van der Waals surface area contributed by atoms with Crippen molar-refractivity contribution in [1.82, 2.24) is 20.9 Å². The highest BCUT2D eigenvalue weighted by molar-refractivity contribution is 6.31. The molecule has 1 aliphatic rings. The Labute approximate surface area is 202 Å². The zero-order valence-corrected chi connectivity index (χ0v) is 19.7. The first-order valence-electron chi connectivity index (χ1n) is 11.1. The van der Waals surface area contributed by atoms with Crippen molar-refractivity contribution in [2.45, 2.75) is 39.0 Å². The van der Waals surface area contributed by atoms with E-state index in [1.807, 2.05) is 42.5 Å². The monoisotopic (exact) mass is 480 g/mol. The number of rotatable bonds is 6. The molecule has 1 saturated heterocycles. The van der Waals surface area contributed by atoms with Gasteiger partial charge >= 0.3 is 0 Å². The molecule has 3 N–H and O–H groups in total. The summed E-state index contributed by atoms with van der Waals surface area (Å²) in [5, 5.41) is 8.96. The van der Waals surface area contributed by atoms with Crippen LogP contribution in [0, 0.1) is 11.7 Å². The molecule has 2 heterocycles. The predicted molar refractivity (Wildman–Crippen MR) is 129 cm³/mol. The van der Waals surface area contributed by atoms with Crippen molar-refractivity contribution in [2.24, 2.45) is 5.92 Å². The molecule has 3 aromatic rings. The molecule has 0 saturated carbocycles. The number of aromatic nitrogens is 1. The summed E-state index contributed by atoms with van der Waals surface area (Å²) in [6.07, 6.45) is 1.09. The lowest BCUT2D eigenvalue weighted by molar-refractivity contribution is -0.125. The number of benzene rings is 2. The lowest BCUT2D eigenvalue weighted by atomic mass is 9.98. The van der Waals surface area contributed by atoms with E-state index in [1.165, 1.54) is 6.07 Å². The van der Waals surface area contributed by atoms with E-state index in [0.717, 1.165) is 16.8 Å². The summed E-state index contributed by atoms with van der Waals surface area (Å²) < 4.78 is 15.4. The van der Waals surface area contributed by atoms with E-state index < -0.39 is 12.0 Å². The quantitative estimate of drug-likeness (QED) is 0.479. The molecule has 176 valence electrons. The maximum atomic E-state index is 15.4. The van der Waals surface area contributed by atoms with Crippen LogP contribution in [0.5, 0.6) is 0 Å². The third kappa shape index (κ3) is 5.26. The molecule has 0 radical (unpaired) electrons. The summed E-state index contributed by atoms with van der Waals surface area (Å²) in [5.74, 6) is -1.18. The first-order chi connectivity index (χ1) is 16.3. The molecule has 1 aromatic heterocycles. The van der Waals surface area contributed by atoms with E-state index in [1.54, 1.807) is 26.1 Å². The molecule has 4 rings (SSSR count). The fourth-order valence-electron chi connectivity index (χ4n) is 3.87. The Balaban J connectivity index is 1.56. The number of pyridine rings is 1. The Morgan fingerprint density at radius 2 is 1.94 bits per heavy atom. The molecule has 6 nitrogen and oxygen atoms in total. The van der Waals surface area contributed by atoms with E-state index in [2.05, 4.69) is 20.9 Å². The maximum Gasteiger partial charge on any atom is 0.223 e. The van der Waals surface area contributed by atoms with Gasteiger partial charge in [-0.05, 0) is 17.7 Å². The fraction of sp³-hybridized carbons (Fsp3) is 0.269. The van der Waals surface area contributed by atoms with Gasteiger partial charge in [0.05, 0.1) is 10.7 Å². The molecule has 0 aliphatic carbocycles. The van der Waals surface area contributed by atoms with Crippen molar-refractivity contribution < 1.29 is 14.0 Å². The van der Waals surface area contributed by atoms with Gasteiger partial charge < -0.3 is 10.6 Å². The van der Waals surface area contributed by atoms with Gasteiger partial charge in [-0.3, -0.25) is 19.9 Å². The largest absolute Gasteiger partial charge is 0.352 e. The van der Waals surface area contributed by atoms with Gasteiger partial charge in [-0.1, -0.05) is 67.9 Å². The number of nitrogens with one attached hydrogen (secondary N) is 3. The zero-order chi connectivity index (χ0) is 24.2. The third-order valence-electron chi connectivity index (χ3n) is 5.79. The van der Waals surface area contributed by atoms with Gasteiger partial charge in [-0.25, -0.2) is 4.39 Å². The summed E-state index contributed by atoms with van der Waals surface area (Å²) in [6.45, 7) is 3.56. The molecule has 2 amide bonds. The minimum absolute atomic E-state index is 0.0297. The highest BCUT2D eigenvalue weighted by Crippen LogP contribution is 2.32. The molecule has 0 bridgehead atoms. The van der Waals surface area contributed by atoms with Gasteiger partial charge in [0.1, 0.15) is 12.0 Å². The van der Waals surface area contributed by atoms with Crippen LogP contribution in [-0.2, 0) is 16.1 Å². The van der Waals surface area contributed by atoms with Crippen LogP contribution >= 0.6 is 11.6 Å². The highest BCUT2D eigenvalue weighted by Gasteiger charge is 2.31. The molecule has 0 spiro atoms. The Morgan fingerprint density at radius 1 is 1.18 bits per heavy atom. The van der Waals surface area contributed by atoms with E-state index in [4.69, 9.17) is 11.6 Å². The summed E-state index contributed by atoms with van der Waals surface area (Å²) >= 11 is 6.35. The van der Waals surface area contributed by atoms with Crippen molar-refractivity contribution in [3.05, 3.63) is 88.3 Å². The molecule has 1 fully saturated rings. The molecule has 2 aromatic carbocycles. The Morgan fingerprint density at radius 3 is 2.62 bits per heavy atom. The lowest BCUT2D eigenvalue weighted by Crippen LogP contribution is -2.47. The number of hydrogen-bond acceptors (Lipinski definition) is 4. The molecule has 1 aliphatic heterocycles. The predicted octanol–water partition coefficient (Wildman–Crippen LogP) is 4.66. The van der Waals surface area contributed by atoms with E-state index in [9.17, 15) is 9.59 Å². The van der Waals surface area contributed by atoms with Crippen LogP contribution in [0.1, 0.15) is 49.2 Å². The second kappa shape index (κ2) is 10.3. The van der Waals surface area contributed by atoms with Gasteiger partial charge in [-0.15, -0.1) is 0 Å². The van der Waals surface area contributed by atoms with Crippen LogP contribution in [0.2, 0.25) is 5.02 Å². The van der Waals surface area contributed by atoms with Crippen molar-refractivity contribution in [3.63, 3.8) is 0 Å². The summed E-state index contributed by atoms with van der Waals surface area (Å²) in [5.41, 5.74) is 3.07. The van der Waals surface area contributed by atoms with Gasteiger partial charge in [0.2, 0.25) is 11.8 Å². The van der Waals surface area contributed by atoms with Crippen molar-refractivity contribution >= 4 is 23.4 Å². The summed E-state index contributed by atoms with van der Waals surface area (Å²) in [7, 11) is 0. The van der Waals surface area contributed by atoms with Crippen LogP contribution in [0.15, 0.2) is 60.8 Å². The average molecular weight is 481 g/mol. The minimum atomic E-state index is -0.826. The van der Waals surface area contributed by atoms with Crippen molar-refractivity contribution in [1.29, 1.82) is 0 Å². The molecular weight excluding hydrogens is 455 g/mol. The third-order valence-corrected chi connectivity index (χ3v) is 6.12. The molecule has 2 unspecified atom stereocenters. The minimum Gasteiger partial charge on any atom is -0.352 e. The second-order valence-electron chi connectivity index (χ2n) is 8.57. The van der Waals surface area contributed by atoms with Crippen LogP contribution in [0.3, 0.4) is 0 Å². The fourth-order valence-corrected chi connectivity index (χ4v) is 4.12. The lowest BCUT2D eigenvalue weighted by Gasteiger charge is -2.33. The van der Waals surface area contributed by atoms with E-state index in [-0.39, 0.29) is 47.3 Å². The number of carbonyl (C=O) groups excluding carboxylic acids is 2.